The molecular formula is C25H24N2. The van der Waals surface area contributed by atoms with E-state index < -0.39 is 0 Å². The maximum absolute atomic E-state index is 5.12. The van der Waals surface area contributed by atoms with Crippen molar-refractivity contribution in [2.75, 3.05) is 0 Å². The van der Waals surface area contributed by atoms with Crippen LogP contribution >= 0.6 is 0 Å². The average Bonchev–Trinajstić information content (AvgIpc) is 2.74. The summed E-state index contributed by atoms with van der Waals surface area (Å²) in [5, 5.41) is 0. The summed E-state index contributed by atoms with van der Waals surface area (Å²) < 4.78 is 0. The Hall–Kier alpha value is -3.00. The van der Waals surface area contributed by atoms with Crippen LogP contribution in [0, 0.1) is 12.8 Å². The smallest absolute Gasteiger partial charge is 0.155 e. The lowest BCUT2D eigenvalue weighted by Crippen LogP contribution is -2.28. The van der Waals surface area contributed by atoms with Gasteiger partial charge >= 0.3 is 0 Å². The first-order valence-electron chi connectivity index (χ1n) is 9.60. The maximum atomic E-state index is 5.12. The van der Waals surface area contributed by atoms with Gasteiger partial charge in [-0.05, 0) is 24.5 Å². The topological polar surface area (TPSA) is 24.7 Å². The van der Waals surface area contributed by atoms with Gasteiger partial charge in [0.05, 0.1) is 11.8 Å². The summed E-state index contributed by atoms with van der Waals surface area (Å²) in [6.45, 7) is 4.37. The minimum absolute atomic E-state index is 0.0813. The lowest BCUT2D eigenvalue weighted by molar-refractivity contribution is 0.532. The van der Waals surface area contributed by atoms with E-state index in [1.165, 1.54) is 16.7 Å². The molecule has 3 aromatic carbocycles. The first-order chi connectivity index (χ1) is 13.3. The number of aliphatic imine (C=N–C) groups is 2. The van der Waals surface area contributed by atoms with Crippen molar-refractivity contribution >= 4 is 11.5 Å². The molecular weight excluding hydrogens is 328 g/mol. The Morgan fingerprint density at radius 1 is 0.778 bits per heavy atom. The third-order valence-electron chi connectivity index (χ3n) is 5.15. The van der Waals surface area contributed by atoms with Crippen LogP contribution < -0.4 is 0 Å². The Morgan fingerprint density at radius 3 is 2.07 bits per heavy atom. The van der Waals surface area contributed by atoms with Crippen molar-refractivity contribution in [1.29, 1.82) is 0 Å². The van der Waals surface area contributed by atoms with Crippen molar-refractivity contribution in [3.63, 3.8) is 0 Å². The fourth-order valence-corrected chi connectivity index (χ4v) is 3.79. The highest BCUT2D eigenvalue weighted by molar-refractivity contribution is 6.15. The van der Waals surface area contributed by atoms with Gasteiger partial charge in [-0.2, -0.15) is 0 Å². The van der Waals surface area contributed by atoms with E-state index in [1.54, 1.807) is 0 Å². The molecule has 27 heavy (non-hydrogen) atoms. The van der Waals surface area contributed by atoms with Crippen molar-refractivity contribution in [2.45, 2.75) is 26.3 Å². The van der Waals surface area contributed by atoms with E-state index in [9.17, 15) is 0 Å². The highest BCUT2D eigenvalue weighted by Crippen LogP contribution is 2.36. The number of hydrogen-bond acceptors (Lipinski definition) is 2. The monoisotopic (exact) mass is 352 g/mol. The van der Waals surface area contributed by atoms with Crippen molar-refractivity contribution in [1.82, 2.24) is 0 Å². The van der Waals surface area contributed by atoms with Gasteiger partial charge in [-0.15, -0.1) is 0 Å². The van der Waals surface area contributed by atoms with E-state index in [2.05, 4.69) is 80.6 Å². The molecule has 0 N–H and O–H groups in total. The molecule has 1 aliphatic heterocycles. The Labute approximate surface area is 161 Å². The van der Waals surface area contributed by atoms with E-state index in [0.717, 1.165) is 23.5 Å². The predicted molar refractivity (Wildman–Crippen MR) is 114 cm³/mol. The Morgan fingerprint density at radius 2 is 1.44 bits per heavy atom. The van der Waals surface area contributed by atoms with Gasteiger partial charge in [-0.25, -0.2) is 4.99 Å². The van der Waals surface area contributed by atoms with Gasteiger partial charge in [0.15, 0.2) is 5.84 Å². The molecule has 2 atom stereocenters. The van der Waals surface area contributed by atoms with E-state index in [0.29, 0.717) is 0 Å². The molecule has 0 saturated heterocycles. The number of hydrogen-bond donors (Lipinski definition) is 0. The van der Waals surface area contributed by atoms with Gasteiger partial charge in [0, 0.05) is 11.5 Å². The molecule has 2 heteroatoms. The van der Waals surface area contributed by atoms with Gasteiger partial charge in [-0.1, -0.05) is 97.4 Å². The van der Waals surface area contributed by atoms with E-state index in [1.807, 2.05) is 18.2 Å². The Balaban J connectivity index is 1.87. The fraction of sp³-hybridized carbons (Fsp3) is 0.200. The third-order valence-corrected chi connectivity index (χ3v) is 5.15. The highest BCUT2D eigenvalue weighted by atomic mass is 15.0. The SMILES string of the molecule is CCC1C(c2ccccc2)=NC(c2ccccc2)=NC1c1cccc(C)c1. The van der Waals surface area contributed by atoms with E-state index >= 15 is 0 Å². The summed E-state index contributed by atoms with van der Waals surface area (Å²) in [5.74, 6) is 1.09. The van der Waals surface area contributed by atoms with Crippen molar-refractivity contribution in [2.24, 2.45) is 15.9 Å². The largest absolute Gasteiger partial charge is 0.257 e. The number of aryl methyl sites for hydroxylation is 1. The van der Waals surface area contributed by atoms with Gasteiger partial charge in [0.1, 0.15) is 0 Å². The highest BCUT2D eigenvalue weighted by Gasteiger charge is 2.31. The van der Waals surface area contributed by atoms with Crippen LogP contribution in [0.2, 0.25) is 0 Å². The molecule has 0 aliphatic carbocycles. The summed E-state index contributed by atoms with van der Waals surface area (Å²) in [4.78, 5) is 10.2. The van der Waals surface area contributed by atoms with Crippen molar-refractivity contribution in [3.8, 4) is 0 Å². The fourth-order valence-electron chi connectivity index (χ4n) is 3.79. The van der Waals surface area contributed by atoms with Crippen LogP contribution in [0.4, 0.5) is 0 Å². The summed E-state index contributed by atoms with van der Waals surface area (Å²) in [5.41, 5.74) is 5.92. The van der Waals surface area contributed by atoms with Crippen LogP contribution in [0.5, 0.6) is 0 Å². The number of benzene rings is 3. The molecule has 0 bridgehead atoms. The predicted octanol–water partition coefficient (Wildman–Crippen LogP) is 6.01. The summed E-state index contributed by atoms with van der Waals surface area (Å²) in [6.07, 6.45) is 0.998. The molecule has 3 aromatic rings. The first-order valence-corrected chi connectivity index (χ1v) is 9.60. The van der Waals surface area contributed by atoms with Gasteiger partial charge in [0.2, 0.25) is 0 Å². The lowest BCUT2D eigenvalue weighted by Gasteiger charge is -2.30. The molecule has 4 rings (SSSR count). The molecule has 1 heterocycles. The minimum atomic E-state index is 0.0813. The molecule has 2 nitrogen and oxygen atoms in total. The van der Waals surface area contributed by atoms with Gasteiger partial charge < -0.3 is 0 Å². The van der Waals surface area contributed by atoms with Crippen LogP contribution in [0.3, 0.4) is 0 Å². The zero-order chi connectivity index (χ0) is 18.6. The summed E-state index contributed by atoms with van der Waals surface area (Å²) >= 11 is 0. The Kier molecular flexibility index (Phi) is 4.97. The number of amidine groups is 1. The second-order valence-electron chi connectivity index (χ2n) is 7.06. The number of rotatable bonds is 4. The molecule has 0 fully saturated rings. The van der Waals surface area contributed by atoms with Crippen LogP contribution in [0.1, 0.15) is 41.6 Å². The van der Waals surface area contributed by atoms with Crippen molar-refractivity contribution in [3.05, 3.63) is 107 Å². The average molecular weight is 352 g/mol. The first kappa shape index (κ1) is 17.4. The molecule has 2 unspecified atom stereocenters. The minimum Gasteiger partial charge on any atom is -0.257 e. The summed E-state index contributed by atoms with van der Waals surface area (Å²) in [6, 6.07) is 29.6. The van der Waals surface area contributed by atoms with Crippen LogP contribution in [0.25, 0.3) is 0 Å². The normalized spacial score (nSPS) is 19.3. The van der Waals surface area contributed by atoms with E-state index in [4.69, 9.17) is 9.98 Å². The Bertz CT molecular complexity index is 971. The molecule has 1 aliphatic rings. The molecule has 0 spiro atoms. The van der Waals surface area contributed by atoms with Crippen LogP contribution in [-0.2, 0) is 0 Å². The van der Waals surface area contributed by atoms with Gasteiger partial charge in [0.25, 0.3) is 0 Å². The van der Waals surface area contributed by atoms with Crippen molar-refractivity contribution < 1.29 is 0 Å². The third kappa shape index (κ3) is 3.61. The standard InChI is InChI=1S/C25H24N2/c1-3-22-23(19-12-6-4-7-13-19)26-25(20-14-8-5-9-15-20)27-24(22)21-16-10-11-18(2)17-21/h4-17,22,24H,3H2,1-2H3. The zero-order valence-corrected chi connectivity index (χ0v) is 15.8. The quantitative estimate of drug-likeness (QED) is 0.549. The molecule has 0 amide bonds. The number of nitrogens with zero attached hydrogens (tertiary/aromatic N) is 2. The summed E-state index contributed by atoms with van der Waals surface area (Å²) in [7, 11) is 0. The van der Waals surface area contributed by atoms with Crippen LogP contribution in [0.15, 0.2) is 94.9 Å². The maximum Gasteiger partial charge on any atom is 0.155 e. The second kappa shape index (κ2) is 7.71. The second-order valence-corrected chi connectivity index (χ2v) is 7.06. The van der Waals surface area contributed by atoms with Crippen LogP contribution in [-0.4, -0.2) is 11.5 Å². The molecule has 0 radical (unpaired) electrons. The molecule has 134 valence electrons. The molecule has 0 saturated carbocycles. The van der Waals surface area contributed by atoms with E-state index in [-0.39, 0.29) is 12.0 Å². The lowest BCUT2D eigenvalue weighted by atomic mass is 9.83. The zero-order valence-electron chi connectivity index (χ0n) is 15.8. The van der Waals surface area contributed by atoms with Gasteiger partial charge in [-0.3, -0.25) is 4.99 Å². The molecule has 0 aromatic heterocycles.